The third kappa shape index (κ3) is 9.79. The summed E-state index contributed by atoms with van der Waals surface area (Å²) in [6, 6.07) is 61.3. The van der Waals surface area contributed by atoms with Crippen molar-refractivity contribution in [2.45, 2.75) is 0 Å². The molecule has 0 saturated carbocycles. The van der Waals surface area contributed by atoms with Crippen LogP contribution in [0.25, 0.3) is 64.3 Å². The first-order chi connectivity index (χ1) is 24.3. The van der Waals surface area contributed by atoms with Gasteiger partial charge in [-0.05, 0) is 24.3 Å². The molecule has 0 bridgehead atoms. The molecular weight excluding hydrogens is 1050 g/mol. The van der Waals surface area contributed by atoms with E-state index in [2.05, 4.69) is 68.5 Å². The van der Waals surface area contributed by atoms with Gasteiger partial charge in [-0.3, -0.25) is 19.9 Å². The van der Waals surface area contributed by atoms with Gasteiger partial charge in [-0.15, -0.1) is 48.5 Å². The molecule has 0 aliphatic heterocycles. The van der Waals surface area contributed by atoms with Crippen LogP contribution in [0, 0.1) is 24.3 Å². The molecule has 0 aliphatic carbocycles. The quantitative estimate of drug-likeness (QED) is 0.130. The van der Waals surface area contributed by atoms with Crippen LogP contribution in [0.4, 0.5) is 0 Å². The van der Waals surface area contributed by atoms with E-state index in [-0.39, 0.29) is 42.1 Å². The fourth-order valence-corrected chi connectivity index (χ4v) is 7.36. The number of hydrogen-bond acceptors (Lipinski definition) is 4. The summed E-state index contributed by atoms with van der Waals surface area (Å²) in [5.74, 6) is 0. The molecule has 5 heterocycles. The number of benzene rings is 4. The van der Waals surface area contributed by atoms with E-state index in [0.29, 0.717) is 14.5 Å². The van der Waals surface area contributed by atoms with Crippen LogP contribution in [0.3, 0.4) is 0 Å². The summed E-state index contributed by atoms with van der Waals surface area (Å²) in [4.78, 5) is 17.3. The third-order valence-corrected chi connectivity index (χ3v) is 9.81. The standard InChI is InChI=1S/2C16H11N2.C12H6Se.2Pt/c2*1-3-10-17-15(8-1)13-6-5-7-14(12-13)16-9-2-4-11-18-16;1-3-7-11-9(5-1)10-6-2-4-8-12(10)13-11;;/h2*1-11H;1-4,7-8H;;/q2*-1;-2;2*+2. The molecule has 0 radical (unpaired) electrons. The topological polar surface area (TPSA) is 51.6 Å². The average Bonchev–Trinajstić information content (AvgIpc) is 3.59. The molecule has 0 atom stereocenters. The van der Waals surface area contributed by atoms with Gasteiger partial charge in [0.1, 0.15) is 0 Å². The second-order valence-corrected chi connectivity index (χ2v) is 13.0. The number of aromatic nitrogens is 4. The Morgan fingerprint density at radius 3 is 0.980 bits per heavy atom. The van der Waals surface area contributed by atoms with Gasteiger partial charge in [0.2, 0.25) is 0 Å². The third-order valence-electron chi connectivity index (χ3n) is 7.46. The number of pyridine rings is 4. The summed E-state index contributed by atoms with van der Waals surface area (Å²) in [6.45, 7) is 0. The molecule has 0 aliphatic rings. The van der Waals surface area contributed by atoms with Crippen LogP contribution in [-0.2, 0) is 42.1 Å². The molecule has 0 spiro atoms. The van der Waals surface area contributed by atoms with E-state index in [1.165, 1.54) is 19.3 Å². The Kier molecular flexibility index (Phi) is 14.1. The van der Waals surface area contributed by atoms with E-state index in [0.717, 1.165) is 45.0 Å². The Bertz CT molecular complexity index is 2110. The van der Waals surface area contributed by atoms with E-state index < -0.39 is 0 Å². The summed E-state index contributed by atoms with van der Waals surface area (Å²) in [5, 5.41) is 2.52. The first-order valence-corrected chi connectivity index (χ1v) is 17.4. The molecule has 0 fully saturated rings. The van der Waals surface area contributed by atoms with E-state index in [4.69, 9.17) is 0 Å². The molecule has 0 N–H and O–H groups in total. The average molecular weight is 1080 g/mol. The predicted octanol–water partition coefficient (Wildman–Crippen LogP) is 9.87. The fraction of sp³-hybridized carbons (Fsp3) is 0. The normalized spacial score (nSPS) is 10.0. The molecule has 0 amide bonds. The molecule has 0 unspecified atom stereocenters. The van der Waals surface area contributed by atoms with Crippen molar-refractivity contribution in [3.63, 3.8) is 0 Å². The van der Waals surface area contributed by atoms with Gasteiger partial charge >= 0.3 is 124 Å². The molecule has 250 valence electrons. The molecule has 5 aromatic heterocycles. The molecule has 9 aromatic rings. The van der Waals surface area contributed by atoms with Crippen LogP contribution in [0.5, 0.6) is 0 Å². The van der Waals surface area contributed by atoms with Crippen molar-refractivity contribution in [2.24, 2.45) is 0 Å². The Balaban J connectivity index is 0.000000147. The van der Waals surface area contributed by atoms with Crippen molar-refractivity contribution < 1.29 is 42.1 Å². The molecule has 0 saturated heterocycles. The van der Waals surface area contributed by atoms with Gasteiger partial charge in [0.25, 0.3) is 0 Å². The van der Waals surface area contributed by atoms with Crippen molar-refractivity contribution in [3.05, 3.63) is 195 Å². The Morgan fingerprint density at radius 1 is 0.353 bits per heavy atom. The molecule has 7 heteroatoms. The van der Waals surface area contributed by atoms with E-state index in [9.17, 15) is 0 Å². The summed E-state index contributed by atoms with van der Waals surface area (Å²) < 4.78 is 2.87. The second-order valence-electron chi connectivity index (χ2n) is 10.7. The van der Waals surface area contributed by atoms with Crippen LogP contribution in [0.1, 0.15) is 0 Å². The maximum absolute atomic E-state index is 4.33. The predicted molar refractivity (Wildman–Crippen MR) is 200 cm³/mol. The Hall–Kier alpha value is -4.62. The van der Waals surface area contributed by atoms with Crippen molar-refractivity contribution in [2.75, 3.05) is 0 Å². The summed E-state index contributed by atoms with van der Waals surface area (Å²) in [6.07, 6.45) is 7.15. The zero-order chi connectivity index (χ0) is 33.1. The Morgan fingerprint density at radius 2 is 0.686 bits per heavy atom. The second kappa shape index (κ2) is 19.1. The van der Waals surface area contributed by atoms with E-state index in [1.807, 2.05) is 121 Å². The first-order valence-electron chi connectivity index (χ1n) is 15.7. The van der Waals surface area contributed by atoms with Crippen LogP contribution >= 0.6 is 0 Å². The van der Waals surface area contributed by atoms with Gasteiger partial charge < -0.3 is 0 Å². The fourth-order valence-electron chi connectivity index (χ4n) is 5.15. The van der Waals surface area contributed by atoms with Gasteiger partial charge in [0, 0.05) is 47.6 Å². The SMILES string of the molecule is [Pt+2].[Pt+2].[c-]1c(-c2ccccn2)cccc1-c1ccccn1.[c-]1c(-c2ccccn2)cccc1-c1ccccn1.[c-]1cccc2[se]c3ccc[c-]c3c12. The number of rotatable bonds is 4. The molecule has 4 nitrogen and oxygen atoms in total. The summed E-state index contributed by atoms with van der Waals surface area (Å²) >= 11 is 0.472. The van der Waals surface area contributed by atoms with Crippen molar-refractivity contribution in [3.8, 4) is 45.0 Å². The zero-order valence-electron chi connectivity index (χ0n) is 27.0. The Labute approximate surface area is 333 Å². The summed E-state index contributed by atoms with van der Waals surface area (Å²) in [7, 11) is 0. The van der Waals surface area contributed by atoms with E-state index >= 15 is 0 Å². The van der Waals surface area contributed by atoms with Crippen LogP contribution in [0.15, 0.2) is 170 Å². The minimum absolute atomic E-state index is 0. The maximum atomic E-state index is 4.33. The van der Waals surface area contributed by atoms with Gasteiger partial charge in [0.15, 0.2) is 0 Å². The number of hydrogen-bond donors (Lipinski definition) is 0. The van der Waals surface area contributed by atoms with Crippen molar-refractivity contribution >= 4 is 33.8 Å². The zero-order valence-corrected chi connectivity index (χ0v) is 33.3. The van der Waals surface area contributed by atoms with Gasteiger partial charge in [-0.2, -0.15) is 0 Å². The molecule has 51 heavy (non-hydrogen) atoms. The minimum atomic E-state index is 0. The van der Waals surface area contributed by atoms with Crippen LogP contribution in [0.2, 0.25) is 0 Å². The van der Waals surface area contributed by atoms with E-state index in [1.54, 1.807) is 24.8 Å². The van der Waals surface area contributed by atoms with Crippen molar-refractivity contribution in [1.29, 1.82) is 0 Å². The molecule has 4 aromatic carbocycles. The summed E-state index contributed by atoms with van der Waals surface area (Å²) in [5.41, 5.74) is 7.64. The van der Waals surface area contributed by atoms with Crippen molar-refractivity contribution in [1.82, 2.24) is 19.9 Å². The van der Waals surface area contributed by atoms with Gasteiger partial charge in [-0.1, -0.05) is 70.8 Å². The first kappa shape index (κ1) is 37.6. The van der Waals surface area contributed by atoms with Crippen LogP contribution < -0.4 is 0 Å². The number of fused-ring (bicyclic) bond motifs is 3. The number of nitrogens with zero attached hydrogens (tertiary/aromatic N) is 4. The monoisotopic (exact) mass is 1080 g/mol. The van der Waals surface area contributed by atoms with Crippen LogP contribution in [-0.4, -0.2) is 34.4 Å². The van der Waals surface area contributed by atoms with Gasteiger partial charge in [-0.25, -0.2) is 0 Å². The van der Waals surface area contributed by atoms with Gasteiger partial charge in [0.05, 0.1) is 0 Å². The molecule has 9 rings (SSSR count). The molecular formula is C44H28N4Pt2Se.